The van der Waals surface area contributed by atoms with E-state index in [1.165, 1.54) is 16.4 Å². The molecule has 0 N–H and O–H groups in total. The number of halogens is 1. The van der Waals surface area contributed by atoms with Gasteiger partial charge in [-0.3, -0.25) is 4.79 Å². The summed E-state index contributed by atoms with van der Waals surface area (Å²) in [5.74, 6) is -0.00298. The number of nitrogens with zero attached hydrogens (tertiary/aromatic N) is 3. The molecule has 0 radical (unpaired) electrons. The highest BCUT2D eigenvalue weighted by molar-refractivity contribution is 7.89. The molecule has 1 amide bonds. The Morgan fingerprint density at radius 1 is 0.935 bits per heavy atom. The lowest BCUT2D eigenvalue weighted by molar-refractivity contribution is -0.141. The zero-order valence-electron chi connectivity index (χ0n) is 17.7. The third-order valence-corrected chi connectivity index (χ3v) is 8.47. The van der Waals surface area contributed by atoms with Crippen molar-refractivity contribution >= 4 is 27.5 Å². The Hall–Kier alpha value is -1.93. The largest absolute Gasteiger partial charge is 0.333 e. The molecule has 2 aromatic carbocycles. The molecular formula is C23H28ClN3O3S. The number of hydrogen-bond donors (Lipinski definition) is 0. The molecule has 2 aromatic rings. The van der Waals surface area contributed by atoms with Crippen LogP contribution in [0.15, 0.2) is 59.5 Å². The second kappa shape index (κ2) is 9.28. The van der Waals surface area contributed by atoms with Gasteiger partial charge in [-0.2, -0.15) is 4.31 Å². The first-order valence-electron chi connectivity index (χ1n) is 10.7. The minimum absolute atomic E-state index is 0.0308. The van der Waals surface area contributed by atoms with Crippen LogP contribution in [-0.2, 0) is 14.8 Å². The van der Waals surface area contributed by atoms with Crippen LogP contribution >= 0.6 is 11.6 Å². The smallest absolute Gasteiger partial charge is 0.243 e. The van der Waals surface area contributed by atoms with Crippen LogP contribution in [0.1, 0.15) is 24.4 Å². The molecule has 166 valence electrons. The zero-order chi connectivity index (χ0) is 22.0. The Morgan fingerprint density at radius 3 is 2.23 bits per heavy atom. The fourth-order valence-corrected chi connectivity index (χ4v) is 6.07. The molecule has 1 unspecified atom stereocenters. The Labute approximate surface area is 189 Å². The van der Waals surface area contributed by atoms with Gasteiger partial charge in [0.15, 0.2) is 0 Å². The van der Waals surface area contributed by atoms with Gasteiger partial charge in [0.25, 0.3) is 0 Å². The molecule has 2 aliphatic rings. The number of piperidine rings is 1. The summed E-state index contributed by atoms with van der Waals surface area (Å²) in [6, 6.07) is 16.4. The van der Waals surface area contributed by atoms with Crippen molar-refractivity contribution in [2.75, 3.05) is 39.8 Å². The Morgan fingerprint density at radius 2 is 1.58 bits per heavy atom. The summed E-state index contributed by atoms with van der Waals surface area (Å²) in [6.45, 7) is 3.05. The van der Waals surface area contributed by atoms with E-state index in [-0.39, 0.29) is 22.8 Å². The number of amides is 1. The highest BCUT2D eigenvalue weighted by atomic mass is 35.5. The van der Waals surface area contributed by atoms with Crippen LogP contribution in [0.5, 0.6) is 0 Å². The highest BCUT2D eigenvalue weighted by Gasteiger charge is 2.37. The van der Waals surface area contributed by atoms with Crippen LogP contribution in [-0.4, -0.2) is 68.2 Å². The van der Waals surface area contributed by atoms with Gasteiger partial charge in [0, 0.05) is 43.7 Å². The van der Waals surface area contributed by atoms with Gasteiger partial charge in [-0.1, -0.05) is 41.9 Å². The zero-order valence-corrected chi connectivity index (χ0v) is 19.2. The van der Waals surface area contributed by atoms with E-state index in [2.05, 4.69) is 24.1 Å². The molecule has 8 heteroatoms. The molecule has 0 bridgehead atoms. The van der Waals surface area contributed by atoms with Crippen LogP contribution in [0, 0.1) is 5.92 Å². The summed E-state index contributed by atoms with van der Waals surface area (Å²) in [5.41, 5.74) is 1.14. The van der Waals surface area contributed by atoms with Crippen LogP contribution in [0.2, 0.25) is 5.02 Å². The molecule has 0 spiro atoms. The van der Waals surface area contributed by atoms with Gasteiger partial charge < -0.3 is 9.80 Å². The summed E-state index contributed by atoms with van der Waals surface area (Å²) in [4.78, 5) is 17.9. The Kier molecular flexibility index (Phi) is 6.67. The molecule has 2 heterocycles. The molecule has 4 rings (SSSR count). The summed E-state index contributed by atoms with van der Waals surface area (Å²) in [5, 5.41) is 0.503. The van der Waals surface area contributed by atoms with Crippen molar-refractivity contribution in [1.29, 1.82) is 0 Å². The van der Waals surface area contributed by atoms with Gasteiger partial charge in [0.2, 0.25) is 15.9 Å². The van der Waals surface area contributed by atoms with Crippen LogP contribution in [0.4, 0.5) is 0 Å². The Bertz CT molecular complexity index is 1010. The standard InChI is InChI=1S/C23H28ClN3O3S/c1-25-15-16-27(22(17-25)18-5-3-2-4-6-18)23(28)19-11-13-26(14-12-19)31(29,30)21-9-7-20(24)8-10-21/h2-10,19,22H,11-17H2,1H3. The molecule has 0 aromatic heterocycles. The van der Waals surface area contributed by atoms with Crippen molar-refractivity contribution in [1.82, 2.24) is 14.1 Å². The van der Waals surface area contributed by atoms with Gasteiger partial charge in [-0.05, 0) is 49.7 Å². The first kappa shape index (κ1) is 22.3. The SMILES string of the molecule is CN1CCN(C(=O)C2CCN(S(=O)(=O)c3ccc(Cl)cc3)CC2)C(c2ccccc2)C1. The third-order valence-electron chi connectivity index (χ3n) is 6.31. The average Bonchev–Trinajstić information content (AvgIpc) is 2.79. The molecule has 2 aliphatic heterocycles. The fourth-order valence-electron chi connectivity index (χ4n) is 4.48. The minimum atomic E-state index is -3.57. The number of piperazine rings is 1. The van der Waals surface area contributed by atoms with E-state index in [4.69, 9.17) is 11.6 Å². The van der Waals surface area contributed by atoms with E-state index in [0.717, 1.165) is 18.7 Å². The number of likely N-dealkylation sites (N-methyl/N-ethyl adjacent to an activating group) is 1. The van der Waals surface area contributed by atoms with Crippen LogP contribution in [0.25, 0.3) is 0 Å². The lowest BCUT2D eigenvalue weighted by atomic mass is 9.94. The number of hydrogen-bond acceptors (Lipinski definition) is 4. The number of carbonyl (C=O) groups excluding carboxylic acids is 1. The topological polar surface area (TPSA) is 60.9 Å². The fraction of sp³-hybridized carbons (Fsp3) is 0.435. The number of sulfonamides is 1. The maximum atomic E-state index is 13.4. The molecular weight excluding hydrogens is 434 g/mol. The average molecular weight is 462 g/mol. The van der Waals surface area contributed by atoms with Crippen molar-refractivity contribution in [2.24, 2.45) is 5.92 Å². The van der Waals surface area contributed by atoms with Gasteiger partial charge in [-0.25, -0.2) is 8.42 Å². The number of carbonyl (C=O) groups is 1. The molecule has 0 aliphatic carbocycles. The van der Waals surface area contributed by atoms with Gasteiger partial charge >= 0.3 is 0 Å². The predicted molar refractivity (Wildman–Crippen MR) is 121 cm³/mol. The molecule has 0 saturated carbocycles. The summed E-state index contributed by atoms with van der Waals surface area (Å²) < 4.78 is 27.3. The normalized spacial score (nSPS) is 21.9. The van der Waals surface area contributed by atoms with E-state index >= 15 is 0 Å². The summed E-state index contributed by atoms with van der Waals surface area (Å²) in [7, 11) is -1.49. The first-order chi connectivity index (χ1) is 14.9. The van der Waals surface area contributed by atoms with Crippen molar-refractivity contribution in [3.63, 3.8) is 0 Å². The monoisotopic (exact) mass is 461 g/mol. The second-order valence-electron chi connectivity index (χ2n) is 8.35. The molecule has 2 fully saturated rings. The summed E-state index contributed by atoms with van der Waals surface area (Å²) >= 11 is 5.89. The second-order valence-corrected chi connectivity index (χ2v) is 10.7. The van der Waals surface area contributed by atoms with E-state index < -0.39 is 10.0 Å². The maximum Gasteiger partial charge on any atom is 0.243 e. The third kappa shape index (κ3) is 4.80. The first-order valence-corrected chi connectivity index (χ1v) is 12.5. The predicted octanol–water partition coefficient (Wildman–Crippen LogP) is 3.26. The van der Waals surface area contributed by atoms with Crippen molar-refractivity contribution < 1.29 is 13.2 Å². The molecule has 1 atom stereocenters. The van der Waals surface area contributed by atoms with Crippen molar-refractivity contribution in [2.45, 2.75) is 23.8 Å². The van der Waals surface area contributed by atoms with E-state index in [9.17, 15) is 13.2 Å². The minimum Gasteiger partial charge on any atom is -0.333 e. The number of rotatable bonds is 4. The van der Waals surface area contributed by atoms with Crippen LogP contribution < -0.4 is 0 Å². The van der Waals surface area contributed by atoms with Gasteiger partial charge in [-0.15, -0.1) is 0 Å². The van der Waals surface area contributed by atoms with Crippen LogP contribution in [0.3, 0.4) is 0 Å². The maximum absolute atomic E-state index is 13.4. The molecule has 31 heavy (non-hydrogen) atoms. The van der Waals surface area contributed by atoms with Gasteiger partial charge in [0.05, 0.1) is 10.9 Å². The lowest BCUT2D eigenvalue weighted by Crippen LogP contribution is -2.52. The van der Waals surface area contributed by atoms with E-state index in [1.54, 1.807) is 12.1 Å². The van der Waals surface area contributed by atoms with Crippen molar-refractivity contribution in [3.05, 3.63) is 65.2 Å². The van der Waals surface area contributed by atoms with Gasteiger partial charge in [0.1, 0.15) is 0 Å². The number of benzene rings is 2. The van der Waals surface area contributed by atoms with E-state index in [0.29, 0.717) is 37.5 Å². The molecule has 2 saturated heterocycles. The molecule has 6 nitrogen and oxygen atoms in total. The van der Waals surface area contributed by atoms with Crippen molar-refractivity contribution in [3.8, 4) is 0 Å². The van der Waals surface area contributed by atoms with E-state index in [1.807, 2.05) is 23.1 Å². The Balaban J connectivity index is 1.44. The summed E-state index contributed by atoms with van der Waals surface area (Å²) in [6.07, 6.45) is 1.08. The lowest BCUT2D eigenvalue weighted by Gasteiger charge is -2.43. The quantitative estimate of drug-likeness (QED) is 0.701. The highest BCUT2D eigenvalue weighted by Crippen LogP contribution is 2.31.